The highest BCUT2D eigenvalue weighted by molar-refractivity contribution is 6.06. The zero-order chi connectivity index (χ0) is 17.2. The van der Waals surface area contributed by atoms with E-state index in [1.54, 1.807) is 30.3 Å². The summed E-state index contributed by atoms with van der Waals surface area (Å²) in [7, 11) is 0. The van der Waals surface area contributed by atoms with E-state index in [1.165, 1.54) is 12.1 Å². The fourth-order valence-corrected chi connectivity index (χ4v) is 2.80. The zero-order valence-corrected chi connectivity index (χ0v) is 13.1. The minimum Gasteiger partial charge on any atom is -0.395 e. The summed E-state index contributed by atoms with van der Waals surface area (Å²) in [4.78, 5) is 12.2. The minimum absolute atomic E-state index is 0.347. The van der Waals surface area contributed by atoms with Crippen LogP contribution in [0.25, 0.3) is 21.5 Å². The first-order valence-corrected chi connectivity index (χ1v) is 7.76. The van der Waals surface area contributed by atoms with Crippen molar-refractivity contribution in [3.05, 3.63) is 84.7 Å². The maximum absolute atomic E-state index is 13.6. The highest BCUT2D eigenvalue weighted by Crippen LogP contribution is 2.35. The second-order valence-corrected chi connectivity index (χ2v) is 5.56. The average Bonchev–Trinajstić information content (AvgIpc) is 2.62. The van der Waals surface area contributed by atoms with Gasteiger partial charge in [0.1, 0.15) is 17.3 Å². The van der Waals surface area contributed by atoms with E-state index in [9.17, 15) is 9.18 Å². The van der Waals surface area contributed by atoms with Gasteiger partial charge in [-0.25, -0.2) is 9.18 Å². The van der Waals surface area contributed by atoms with Gasteiger partial charge in [0.2, 0.25) is 0 Å². The number of carbonyl (C=O) groups is 1. The van der Waals surface area contributed by atoms with Crippen LogP contribution in [0.1, 0.15) is 0 Å². The summed E-state index contributed by atoms with van der Waals surface area (Å²) < 4.78 is 24.3. The number of hydrogen-bond donors (Lipinski definition) is 0. The van der Waals surface area contributed by atoms with Crippen LogP contribution in [-0.4, -0.2) is 6.16 Å². The Kier molecular flexibility index (Phi) is 3.78. The largest absolute Gasteiger partial charge is 0.519 e. The van der Waals surface area contributed by atoms with Crippen LogP contribution in [-0.2, 0) is 0 Å². The molecule has 0 atom stereocenters. The van der Waals surface area contributed by atoms with Gasteiger partial charge in [0.15, 0.2) is 0 Å². The molecule has 25 heavy (non-hydrogen) atoms. The smallest absolute Gasteiger partial charge is 0.395 e. The molecule has 4 aromatic carbocycles. The van der Waals surface area contributed by atoms with Crippen molar-refractivity contribution in [1.29, 1.82) is 0 Å². The van der Waals surface area contributed by atoms with Gasteiger partial charge >= 0.3 is 6.16 Å². The molecule has 0 N–H and O–H groups in total. The summed E-state index contributed by atoms with van der Waals surface area (Å²) >= 11 is 0. The third-order valence-corrected chi connectivity index (χ3v) is 3.90. The van der Waals surface area contributed by atoms with Gasteiger partial charge in [-0.1, -0.05) is 42.5 Å². The van der Waals surface area contributed by atoms with Gasteiger partial charge in [-0.05, 0) is 47.2 Å². The summed E-state index contributed by atoms with van der Waals surface area (Å²) in [5, 5.41) is 2.90. The fourth-order valence-electron chi connectivity index (χ4n) is 2.80. The molecule has 122 valence electrons. The van der Waals surface area contributed by atoms with Crippen LogP contribution >= 0.6 is 0 Å². The Balaban J connectivity index is 1.79. The van der Waals surface area contributed by atoms with E-state index in [0.717, 1.165) is 10.8 Å². The van der Waals surface area contributed by atoms with E-state index in [-0.39, 0.29) is 5.82 Å². The molecular formula is C21H13FO3. The highest BCUT2D eigenvalue weighted by atomic mass is 19.1. The lowest BCUT2D eigenvalue weighted by Gasteiger charge is -2.12. The van der Waals surface area contributed by atoms with Crippen LogP contribution < -0.4 is 9.47 Å². The average molecular weight is 332 g/mol. The summed E-state index contributed by atoms with van der Waals surface area (Å²) in [5.41, 5.74) is 0. The Morgan fingerprint density at radius 3 is 2.28 bits per heavy atom. The third kappa shape index (κ3) is 3.02. The van der Waals surface area contributed by atoms with Crippen molar-refractivity contribution < 1.29 is 18.7 Å². The topological polar surface area (TPSA) is 35.5 Å². The molecule has 0 aliphatic carbocycles. The molecule has 0 saturated carbocycles. The third-order valence-electron chi connectivity index (χ3n) is 3.90. The van der Waals surface area contributed by atoms with Gasteiger partial charge in [-0.15, -0.1) is 0 Å². The van der Waals surface area contributed by atoms with Gasteiger partial charge in [-0.2, -0.15) is 0 Å². The first-order chi connectivity index (χ1) is 12.2. The molecule has 3 nitrogen and oxygen atoms in total. The molecule has 0 radical (unpaired) electrons. The Labute approximate surface area is 143 Å². The lowest BCUT2D eigenvalue weighted by molar-refractivity contribution is 0.153. The molecule has 0 spiro atoms. The molecule has 0 aliphatic rings. The molecule has 0 bridgehead atoms. The van der Waals surface area contributed by atoms with Crippen molar-refractivity contribution >= 4 is 27.7 Å². The fraction of sp³-hybridized carbons (Fsp3) is 0. The molecule has 0 heterocycles. The molecule has 4 rings (SSSR count). The van der Waals surface area contributed by atoms with Crippen molar-refractivity contribution in [2.24, 2.45) is 0 Å². The number of halogens is 1. The molecule has 0 amide bonds. The van der Waals surface area contributed by atoms with E-state index in [2.05, 4.69) is 0 Å². The number of para-hydroxylation sites is 1. The van der Waals surface area contributed by atoms with E-state index >= 15 is 0 Å². The van der Waals surface area contributed by atoms with Gasteiger partial charge in [0, 0.05) is 10.8 Å². The SMILES string of the molecule is O=C(Oc1ccccc1)Oc1c2ccccc2cc2cc(F)ccc12. The summed E-state index contributed by atoms with van der Waals surface area (Å²) in [5.74, 6) is 0.401. The quantitative estimate of drug-likeness (QED) is 0.268. The van der Waals surface area contributed by atoms with Crippen molar-refractivity contribution in [3.8, 4) is 11.5 Å². The van der Waals surface area contributed by atoms with E-state index in [4.69, 9.17) is 9.47 Å². The van der Waals surface area contributed by atoms with Gasteiger partial charge < -0.3 is 9.47 Å². The monoisotopic (exact) mass is 332 g/mol. The van der Waals surface area contributed by atoms with E-state index in [1.807, 2.05) is 36.4 Å². The number of fused-ring (bicyclic) bond motifs is 2. The zero-order valence-electron chi connectivity index (χ0n) is 13.1. The van der Waals surface area contributed by atoms with Crippen LogP contribution in [0, 0.1) is 5.82 Å². The summed E-state index contributed by atoms with van der Waals surface area (Å²) in [6, 6.07) is 22.4. The molecular weight excluding hydrogens is 319 g/mol. The molecule has 4 heteroatoms. The van der Waals surface area contributed by atoms with Gasteiger partial charge in [0.05, 0.1) is 0 Å². The Hall–Kier alpha value is -3.40. The van der Waals surface area contributed by atoms with Crippen LogP contribution in [0.5, 0.6) is 11.5 Å². The van der Waals surface area contributed by atoms with Crippen LogP contribution in [0.4, 0.5) is 9.18 Å². The van der Waals surface area contributed by atoms with Gasteiger partial charge in [0.25, 0.3) is 0 Å². The first-order valence-electron chi connectivity index (χ1n) is 7.76. The predicted octanol–water partition coefficient (Wildman–Crippen LogP) is 5.71. The number of rotatable bonds is 2. The summed E-state index contributed by atoms with van der Waals surface area (Å²) in [6.45, 7) is 0. The molecule has 0 unspecified atom stereocenters. The Bertz CT molecular complexity index is 1070. The lowest BCUT2D eigenvalue weighted by atomic mass is 10.0. The number of hydrogen-bond acceptors (Lipinski definition) is 3. The Morgan fingerprint density at radius 1 is 0.720 bits per heavy atom. The second kappa shape index (κ2) is 6.24. The lowest BCUT2D eigenvalue weighted by Crippen LogP contribution is -2.14. The van der Waals surface area contributed by atoms with Crippen LogP contribution in [0.3, 0.4) is 0 Å². The summed E-state index contributed by atoms with van der Waals surface area (Å²) in [6.07, 6.45) is -0.840. The highest BCUT2D eigenvalue weighted by Gasteiger charge is 2.15. The predicted molar refractivity (Wildman–Crippen MR) is 94.5 cm³/mol. The molecule has 0 saturated heterocycles. The molecule has 0 aromatic heterocycles. The van der Waals surface area contributed by atoms with Crippen LogP contribution in [0.15, 0.2) is 78.9 Å². The molecule has 4 aromatic rings. The van der Waals surface area contributed by atoms with Crippen molar-refractivity contribution in [1.82, 2.24) is 0 Å². The maximum atomic E-state index is 13.6. The van der Waals surface area contributed by atoms with Crippen molar-refractivity contribution in [2.75, 3.05) is 0 Å². The number of carbonyl (C=O) groups excluding carboxylic acids is 1. The number of ether oxygens (including phenoxy) is 2. The minimum atomic E-state index is -0.840. The maximum Gasteiger partial charge on any atom is 0.519 e. The van der Waals surface area contributed by atoms with Crippen molar-refractivity contribution in [3.63, 3.8) is 0 Å². The van der Waals surface area contributed by atoms with Crippen molar-refractivity contribution in [2.45, 2.75) is 0 Å². The van der Waals surface area contributed by atoms with Crippen LogP contribution in [0.2, 0.25) is 0 Å². The standard InChI is InChI=1S/C21H13FO3/c22-16-10-11-19-15(13-16)12-14-6-4-5-9-18(14)20(19)25-21(23)24-17-7-2-1-3-8-17/h1-13H. The van der Waals surface area contributed by atoms with E-state index < -0.39 is 6.16 Å². The first kappa shape index (κ1) is 15.1. The number of benzene rings is 4. The van der Waals surface area contributed by atoms with E-state index in [0.29, 0.717) is 22.3 Å². The Morgan fingerprint density at radius 2 is 1.44 bits per heavy atom. The second-order valence-electron chi connectivity index (χ2n) is 5.56. The normalized spacial score (nSPS) is 10.8. The molecule has 0 aliphatic heterocycles. The van der Waals surface area contributed by atoms with Gasteiger partial charge in [-0.3, -0.25) is 0 Å². The molecule has 0 fully saturated rings.